The van der Waals surface area contributed by atoms with E-state index >= 15 is 0 Å². The molecular formula is C16H15BrN2O3. The zero-order chi connectivity index (χ0) is 15.9. The topological polar surface area (TPSA) is 65.2 Å². The molecule has 6 heteroatoms. The number of rotatable bonds is 1. The van der Waals surface area contributed by atoms with Gasteiger partial charge in [0, 0.05) is 21.5 Å². The lowest BCUT2D eigenvalue weighted by Gasteiger charge is -2.18. The van der Waals surface area contributed by atoms with Gasteiger partial charge in [0.05, 0.1) is 5.56 Å². The van der Waals surface area contributed by atoms with Gasteiger partial charge in [0.2, 0.25) is 0 Å². The molecule has 1 aromatic heterocycles. The van der Waals surface area contributed by atoms with Crippen molar-refractivity contribution in [1.82, 2.24) is 10.1 Å². The number of carbonyl (C=O) groups excluding carboxylic acids is 1. The van der Waals surface area contributed by atoms with Gasteiger partial charge in [0.1, 0.15) is 12.4 Å². The summed E-state index contributed by atoms with van der Waals surface area (Å²) in [6.45, 7) is 6.19. The van der Waals surface area contributed by atoms with Crippen molar-refractivity contribution in [3.05, 3.63) is 45.5 Å². The van der Waals surface area contributed by atoms with Crippen molar-refractivity contribution in [2.45, 2.75) is 26.2 Å². The number of ether oxygens (including phenoxy) is 1. The third-order valence-electron chi connectivity index (χ3n) is 3.27. The maximum Gasteiger partial charge on any atom is 0.251 e. The van der Waals surface area contributed by atoms with E-state index in [2.05, 4.69) is 26.1 Å². The van der Waals surface area contributed by atoms with Crippen LogP contribution in [0.2, 0.25) is 0 Å². The molecule has 22 heavy (non-hydrogen) atoms. The number of aromatic nitrogens is 2. The highest BCUT2D eigenvalue weighted by Gasteiger charge is 2.25. The van der Waals surface area contributed by atoms with Crippen LogP contribution in [0.5, 0.6) is 5.75 Å². The summed E-state index contributed by atoms with van der Waals surface area (Å²) in [5.74, 6) is 1.42. The lowest BCUT2D eigenvalue weighted by Crippen LogP contribution is -2.19. The van der Waals surface area contributed by atoms with Crippen molar-refractivity contribution in [3.63, 3.8) is 0 Å². The number of benzene rings is 1. The second kappa shape index (κ2) is 5.35. The van der Waals surface area contributed by atoms with E-state index in [0.29, 0.717) is 28.6 Å². The summed E-state index contributed by atoms with van der Waals surface area (Å²) >= 11 is 3.36. The Bertz CT molecular complexity index is 772. The van der Waals surface area contributed by atoms with E-state index in [1.54, 1.807) is 18.2 Å². The van der Waals surface area contributed by atoms with Crippen molar-refractivity contribution < 1.29 is 14.1 Å². The maximum atomic E-state index is 12.5. The first-order valence-corrected chi connectivity index (χ1v) is 7.66. The van der Waals surface area contributed by atoms with Crippen LogP contribution >= 0.6 is 15.9 Å². The number of Topliss-reactive ketones (excluding diaryl/α,β-unsaturated/α-hetero) is 1. The highest BCUT2D eigenvalue weighted by atomic mass is 79.9. The van der Waals surface area contributed by atoms with Crippen LogP contribution in [0, 0.1) is 0 Å². The van der Waals surface area contributed by atoms with Gasteiger partial charge in [-0.3, -0.25) is 4.79 Å². The standard InChI is InChI=1S/C16H15BrN2O3/c1-16(2,3)15-18-13(22-19-15)6-9-8-21-12-5-4-10(17)7-11(12)14(9)20/h4-7H,8H2,1-3H3. The van der Waals surface area contributed by atoms with E-state index in [1.807, 2.05) is 26.8 Å². The predicted octanol–water partition coefficient (Wildman–Crippen LogP) is 3.79. The first-order chi connectivity index (χ1) is 10.3. The molecule has 0 saturated carbocycles. The van der Waals surface area contributed by atoms with Crippen LogP contribution in [-0.2, 0) is 5.41 Å². The van der Waals surface area contributed by atoms with Gasteiger partial charge in [-0.25, -0.2) is 0 Å². The molecule has 0 fully saturated rings. The molecule has 5 nitrogen and oxygen atoms in total. The smallest absolute Gasteiger partial charge is 0.251 e. The minimum Gasteiger partial charge on any atom is -0.488 e. The Morgan fingerprint density at radius 3 is 2.77 bits per heavy atom. The van der Waals surface area contributed by atoms with Crippen molar-refractivity contribution in [2.24, 2.45) is 0 Å². The molecule has 0 spiro atoms. The molecule has 0 atom stereocenters. The lowest BCUT2D eigenvalue weighted by atomic mass is 9.96. The van der Waals surface area contributed by atoms with E-state index in [4.69, 9.17) is 9.26 Å². The summed E-state index contributed by atoms with van der Waals surface area (Å²) in [7, 11) is 0. The zero-order valence-electron chi connectivity index (χ0n) is 12.5. The molecule has 0 radical (unpaired) electrons. The molecule has 0 N–H and O–H groups in total. The third-order valence-corrected chi connectivity index (χ3v) is 3.76. The Balaban J connectivity index is 1.93. The van der Waals surface area contributed by atoms with Gasteiger partial charge in [-0.2, -0.15) is 4.98 Å². The molecular weight excluding hydrogens is 348 g/mol. The van der Waals surface area contributed by atoms with Crippen LogP contribution in [0.4, 0.5) is 0 Å². The van der Waals surface area contributed by atoms with Gasteiger partial charge in [-0.15, -0.1) is 0 Å². The Morgan fingerprint density at radius 1 is 1.32 bits per heavy atom. The van der Waals surface area contributed by atoms with Crippen LogP contribution in [0.25, 0.3) is 6.08 Å². The maximum absolute atomic E-state index is 12.5. The summed E-state index contributed by atoms with van der Waals surface area (Å²) in [6, 6.07) is 5.37. The minimum absolute atomic E-state index is 0.0851. The summed E-state index contributed by atoms with van der Waals surface area (Å²) in [4.78, 5) is 16.8. The van der Waals surface area contributed by atoms with E-state index in [9.17, 15) is 4.79 Å². The Labute approximate surface area is 136 Å². The fourth-order valence-corrected chi connectivity index (χ4v) is 2.42. The minimum atomic E-state index is -0.204. The summed E-state index contributed by atoms with van der Waals surface area (Å²) in [5, 5.41) is 3.95. The number of hydrogen-bond acceptors (Lipinski definition) is 5. The van der Waals surface area contributed by atoms with Crippen molar-refractivity contribution in [2.75, 3.05) is 6.61 Å². The van der Waals surface area contributed by atoms with Gasteiger partial charge < -0.3 is 9.26 Å². The van der Waals surface area contributed by atoms with Crippen LogP contribution < -0.4 is 4.74 Å². The Kier molecular flexibility index (Phi) is 3.64. The number of carbonyl (C=O) groups is 1. The first kappa shape index (κ1) is 15.0. The van der Waals surface area contributed by atoms with Crippen LogP contribution in [-0.4, -0.2) is 22.5 Å². The Morgan fingerprint density at radius 2 is 2.09 bits per heavy atom. The van der Waals surface area contributed by atoms with Gasteiger partial charge in [-0.1, -0.05) is 41.9 Å². The van der Waals surface area contributed by atoms with Crippen molar-refractivity contribution in [3.8, 4) is 5.75 Å². The molecule has 0 saturated heterocycles. The average Bonchev–Trinajstić information content (AvgIpc) is 2.91. The number of hydrogen-bond donors (Lipinski definition) is 0. The second-order valence-corrected chi connectivity index (χ2v) is 7.05. The molecule has 114 valence electrons. The molecule has 2 heterocycles. The van der Waals surface area contributed by atoms with Crippen molar-refractivity contribution >= 4 is 27.8 Å². The molecule has 1 aliphatic rings. The van der Waals surface area contributed by atoms with E-state index in [1.165, 1.54) is 0 Å². The van der Waals surface area contributed by atoms with Crippen molar-refractivity contribution in [1.29, 1.82) is 0 Å². The largest absolute Gasteiger partial charge is 0.488 e. The Hall–Kier alpha value is -1.95. The van der Waals surface area contributed by atoms with Crippen LogP contribution in [0.1, 0.15) is 42.8 Å². The molecule has 0 unspecified atom stereocenters. The fourth-order valence-electron chi connectivity index (χ4n) is 2.05. The van der Waals surface area contributed by atoms with Crippen LogP contribution in [0.3, 0.4) is 0 Å². The van der Waals surface area contributed by atoms with Crippen LogP contribution in [0.15, 0.2) is 32.8 Å². The summed E-state index contributed by atoms with van der Waals surface area (Å²) in [6.07, 6.45) is 1.59. The zero-order valence-corrected chi connectivity index (χ0v) is 14.1. The molecule has 1 aliphatic heterocycles. The van der Waals surface area contributed by atoms with Gasteiger partial charge in [0.25, 0.3) is 5.89 Å². The SMILES string of the molecule is CC(C)(C)c1noc(C=C2COc3ccc(Br)cc3C2=O)n1. The fraction of sp³-hybridized carbons (Fsp3) is 0.312. The van der Waals surface area contributed by atoms with E-state index in [-0.39, 0.29) is 17.8 Å². The summed E-state index contributed by atoms with van der Waals surface area (Å²) in [5.41, 5.74) is 0.822. The quantitative estimate of drug-likeness (QED) is 0.722. The third kappa shape index (κ3) is 2.83. The highest BCUT2D eigenvalue weighted by Crippen LogP contribution is 2.30. The van der Waals surface area contributed by atoms with Gasteiger partial charge >= 0.3 is 0 Å². The molecule has 0 bridgehead atoms. The number of fused-ring (bicyclic) bond motifs is 1. The summed E-state index contributed by atoms with van der Waals surface area (Å²) < 4.78 is 11.6. The number of ketones is 1. The molecule has 1 aromatic carbocycles. The monoisotopic (exact) mass is 362 g/mol. The van der Waals surface area contributed by atoms with E-state index < -0.39 is 0 Å². The highest BCUT2D eigenvalue weighted by molar-refractivity contribution is 9.10. The normalized spacial score (nSPS) is 16.5. The molecule has 0 aliphatic carbocycles. The van der Waals surface area contributed by atoms with Gasteiger partial charge in [-0.05, 0) is 18.2 Å². The van der Waals surface area contributed by atoms with E-state index in [0.717, 1.165) is 4.47 Å². The molecule has 0 amide bonds. The lowest BCUT2D eigenvalue weighted by molar-refractivity contribution is 0.100. The second-order valence-electron chi connectivity index (χ2n) is 6.13. The average molecular weight is 363 g/mol. The first-order valence-electron chi connectivity index (χ1n) is 6.86. The molecule has 2 aromatic rings. The number of nitrogens with zero attached hydrogens (tertiary/aromatic N) is 2. The number of halogens is 1. The predicted molar refractivity (Wildman–Crippen MR) is 84.9 cm³/mol. The molecule has 3 rings (SSSR count). The van der Waals surface area contributed by atoms with Gasteiger partial charge in [0.15, 0.2) is 11.6 Å².